The van der Waals surface area contributed by atoms with Gasteiger partial charge in [0, 0.05) is 76.5 Å². The molecular formula is C28H30Cl2F3N7O3. The van der Waals surface area contributed by atoms with Crippen molar-refractivity contribution in [1.29, 1.82) is 0 Å². The van der Waals surface area contributed by atoms with E-state index in [0.29, 0.717) is 74.4 Å². The summed E-state index contributed by atoms with van der Waals surface area (Å²) in [7, 11) is 1.50. The Kier molecular flexibility index (Phi) is 8.93. The molecule has 230 valence electrons. The Hall–Kier alpha value is -3.71. The number of hydrogen-bond donors (Lipinski definition) is 0. The number of ether oxygens (including phenoxy) is 1. The van der Waals surface area contributed by atoms with Gasteiger partial charge in [-0.05, 0) is 25.1 Å². The first-order valence-electron chi connectivity index (χ1n) is 13.6. The molecule has 0 saturated carbocycles. The number of carbonyl (C=O) groups excluding carboxylic acids is 2. The third-order valence-corrected chi connectivity index (χ3v) is 8.50. The van der Waals surface area contributed by atoms with Crippen molar-refractivity contribution in [1.82, 2.24) is 24.6 Å². The van der Waals surface area contributed by atoms with Gasteiger partial charge in [0.2, 0.25) is 5.91 Å². The maximum atomic E-state index is 13.8. The molecule has 0 aliphatic carbocycles. The zero-order chi connectivity index (χ0) is 30.9. The zero-order valence-electron chi connectivity index (χ0n) is 23.6. The number of nitrogens with zero attached hydrogens (tertiary/aromatic N) is 7. The number of methoxy groups -OCH3 is 1. The van der Waals surface area contributed by atoms with Gasteiger partial charge in [0.25, 0.3) is 5.91 Å². The number of aromatic nitrogens is 3. The van der Waals surface area contributed by atoms with E-state index in [1.165, 1.54) is 14.0 Å². The molecule has 2 amide bonds. The molecule has 0 atom stereocenters. The molecule has 43 heavy (non-hydrogen) atoms. The molecule has 2 aliphatic heterocycles. The fourth-order valence-electron chi connectivity index (χ4n) is 5.31. The van der Waals surface area contributed by atoms with Crippen LogP contribution in [0.15, 0.2) is 36.7 Å². The van der Waals surface area contributed by atoms with Gasteiger partial charge in [0.1, 0.15) is 12.3 Å². The van der Waals surface area contributed by atoms with E-state index in [-0.39, 0.29) is 24.1 Å². The SMILES string of the molecule is COc1cc(N2CCN(C(=O)Cn3nc(C(F)(F)F)c(Cl)c3C)CC2)c(C(=O)N2CCN(c3ccncc3)CC2)cc1Cl. The van der Waals surface area contributed by atoms with Gasteiger partial charge in [-0.2, -0.15) is 18.3 Å². The molecule has 3 aromatic rings. The second-order valence-electron chi connectivity index (χ2n) is 10.3. The van der Waals surface area contributed by atoms with Crippen molar-refractivity contribution in [3.8, 4) is 5.75 Å². The minimum absolute atomic E-state index is 0.0685. The Bertz CT molecular complexity index is 1490. The van der Waals surface area contributed by atoms with Gasteiger partial charge in [-0.25, -0.2) is 0 Å². The number of carbonyl (C=O) groups is 2. The molecule has 1 aromatic carbocycles. The minimum atomic E-state index is -4.72. The van der Waals surface area contributed by atoms with E-state index >= 15 is 0 Å². The molecule has 0 unspecified atom stereocenters. The van der Waals surface area contributed by atoms with Crippen LogP contribution in [-0.4, -0.2) is 95.8 Å². The molecule has 4 heterocycles. The van der Waals surface area contributed by atoms with Crippen molar-refractivity contribution in [3.05, 3.63) is 63.7 Å². The van der Waals surface area contributed by atoms with Crippen LogP contribution in [0.5, 0.6) is 5.75 Å². The van der Waals surface area contributed by atoms with Gasteiger partial charge in [-0.15, -0.1) is 0 Å². The fraction of sp³-hybridized carbons (Fsp3) is 0.429. The second-order valence-corrected chi connectivity index (χ2v) is 11.0. The van der Waals surface area contributed by atoms with Gasteiger partial charge >= 0.3 is 6.18 Å². The normalized spacial score (nSPS) is 16.1. The average Bonchev–Trinajstić information content (AvgIpc) is 3.30. The second kappa shape index (κ2) is 12.5. The molecule has 2 saturated heterocycles. The first-order chi connectivity index (χ1) is 20.5. The van der Waals surface area contributed by atoms with Crippen molar-refractivity contribution in [3.63, 3.8) is 0 Å². The summed E-state index contributed by atoms with van der Waals surface area (Å²) in [5, 5.41) is 3.32. The van der Waals surface area contributed by atoms with Gasteiger partial charge in [-0.1, -0.05) is 23.2 Å². The van der Waals surface area contributed by atoms with Crippen LogP contribution in [-0.2, 0) is 17.5 Å². The maximum absolute atomic E-state index is 13.8. The Balaban J connectivity index is 1.27. The Morgan fingerprint density at radius 1 is 0.930 bits per heavy atom. The van der Waals surface area contributed by atoms with Gasteiger partial charge in [0.15, 0.2) is 5.69 Å². The van der Waals surface area contributed by atoms with Gasteiger partial charge in [-0.3, -0.25) is 19.3 Å². The third-order valence-electron chi connectivity index (χ3n) is 7.76. The van der Waals surface area contributed by atoms with Crippen LogP contribution in [0, 0.1) is 6.92 Å². The lowest BCUT2D eigenvalue weighted by Gasteiger charge is -2.39. The minimum Gasteiger partial charge on any atom is -0.495 e. The Morgan fingerprint density at radius 3 is 2.12 bits per heavy atom. The highest BCUT2D eigenvalue weighted by Crippen LogP contribution is 2.36. The van der Waals surface area contributed by atoms with Crippen LogP contribution in [0.3, 0.4) is 0 Å². The Labute approximate surface area is 256 Å². The van der Waals surface area contributed by atoms with Gasteiger partial charge < -0.3 is 24.3 Å². The number of rotatable bonds is 6. The first kappa shape index (κ1) is 30.7. The third kappa shape index (κ3) is 6.47. The highest BCUT2D eigenvalue weighted by molar-refractivity contribution is 6.32. The lowest BCUT2D eigenvalue weighted by molar-refractivity contribution is -0.142. The number of amides is 2. The van der Waals surface area contributed by atoms with Crippen LogP contribution in [0.1, 0.15) is 21.7 Å². The molecule has 0 radical (unpaired) electrons. The molecule has 0 bridgehead atoms. The van der Waals surface area contributed by atoms with Crippen molar-refractivity contribution >= 4 is 46.4 Å². The predicted molar refractivity (Wildman–Crippen MR) is 156 cm³/mol. The molecule has 0 N–H and O–H groups in total. The molecule has 5 rings (SSSR count). The van der Waals surface area contributed by atoms with Crippen LogP contribution in [0.25, 0.3) is 0 Å². The van der Waals surface area contributed by atoms with E-state index in [9.17, 15) is 22.8 Å². The number of anilines is 2. The number of piperazine rings is 2. The molecule has 2 aromatic heterocycles. The number of pyridine rings is 1. The number of hydrogen-bond acceptors (Lipinski definition) is 7. The summed E-state index contributed by atoms with van der Waals surface area (Å²) in [6, 6.07) is 7.23. The van der Waals surface area contributed by atoms with E-state index in [1.54, 1.807) is 34.3 Å². The van der Waals surface area contributed by atoms with Crippen LogP contribution in [0.4, 0.5) is 24.5 Å². The van der Waals surface area contributed by atoms with Crippen LogP contribution >= 0.6 is 23.2 Å². The van der Waals surface area contributed by atoms with E-state index in [0.717, 1.165) is 10.4 Å². The number of halogens is 5. The molecule has 10 nitrogen and oxygen atoms in total. The van der Waals surface area contributed by atoms with Gasteiger partial charge in [0.05, 0.1) is 34.1 Å². The van der Waals surface area contributed by atoms with E-state index < -0.39 is 16.9 Å². The molecular weight excluding hydrogens is 610 g/mol. The highest BCUT2D eigenvalue weighted by Gasteiger charge is 2.38. The smallest absolute Gasteiger partial charge is 0.436 e. The summed E-state index contributed by atoms with van der Waals surface area (Å²) in [5.41, 5.74) is 0.981. The first-order valence-corrected chi connectivity index (χ1v) is 14.4. The molecule has 15 heteroatoms. The maximum Gasteiger partial charge on any atom is 0.436 e. The topological polar surface area (TPSA) is 87.0 Å². The van der Waals surface area contributed by atoms with Crippen LogP contribution in [0.2, 0.25) is 10.0 Å². The summed E-state index contributed by atoms with van der Waals surface area (Å²) in [5.74, 6) is -0.118. The van der Waals surface area contributed by atoms with Crippen molar-refractivity contribution < 1.29 is 27.5 Å². The number of benzene rings is 1. The van der Waals surface area contributed by atoms with E-state index in [1.807, 2.05) is 17.0 Å². The molecule has 0 spiro atoms. The summed E-state index contributed by atoms with van der Waals surface area (Å²) in [6.45, 7) is 4.77. The zero-order valence-corrected chi connectivity index (χ0v) is 25.1. The quantitative estimate of drug-likeness (QED) is 0.399. The number of alkyl halides is 3. The summed E-state index contributed by atoms with van der Waals surface area (Å²) in [6.07, 6.45) is -1.24. The van der Waals surface area contributed by atoms with E-state index in [4.69, 9.17) is 27.9 Å². The summed E-state index contributed by atoms with van der Waals surface area (Å²) < 4.78 is 46.0. The Morgan fingerprint density at radius 2 is 1.53 bits per heavy atom. The van der Waals surface area contributed by atoms with Crippen LogP contribution < -0.4 is 14.5 Å². The highest BCUT2D eigenvalue weighted by atomic mass is 35.5. The molecule has 2 aliphatic rings. The van der Waals surface area contributed by atoms with Crippen molar-refractivity contribution in [2.75, 3.05) is 69.3 Å². The van der Waals surface area contributed by atoms with E-state index in [2.05, 4.69) is 15.0 Å². The predicted octanol–water partition coefficient (Wildman–Crippen LogP) is 4.23. The van der Waals surface area contributed by atoms with Crippen molar-refractivity contribution in [2.24, 2.45) is 0 Å². The standard InChI is InChI=1S/C28H30Cl2F3N7O3/c1-18-25(30)26(28(31,32)33)35-40(18)17-24(41)38-11-9-37(10-12-38)22-16-23(43-2)21(29)15-20(22)27(42)39-13-7-36(8-14-39)19-3-5-34-6-4-19/h3-6,15-16H,7-14,17H2,1-2H3. The lowest BCUT2D eigenvalue weighted by atomic mass is 10.1. The monoisotopic (exact) mass is 639 g/mol. The fourth-order valence-corrected chi connectivity index (χ4v) is 5.79. The molecule has 2 fully saturated rings. The van der Waals surface area contributed by atoms with Crippen molar-refractivity contribution in [2.45, 2.75) is 19.6 Å². The average molecular weight is 640 g/mol. The summed E-state index contributed by atoms with van der Waals surface area (Å²) >= 11 is 12.3. The largest absolute Gasteiger partial charge is 0.495 e. The lowest BCUT2D eigenvalue weighted by Crippen LogP contribution is -2.51. The summed E-state index contributed by atoms with van der Waals surface area (Å²) in [4.78, 5) is 38.4.